The van der Waals surface area contributed by atoms with Gasteiger partial charge in [-0.1, -0.05) is 30.3 Å². The van der Waals surface area contributed by atoms with Crippen LogP contribution in [-0.4, -0.2) is 33.1 Å². The third kappa shape index (κ3) is 4.59. The molecule has 150 valence electrons. The molecule has 0 aliphatic rings. The highest BCUT2D eigenvalue weighted by molar-refractivity contribution is 9.10. The monoisotopic (exact) mass is 453 g/mol. The highest BCUT2D eigenvalue weighted by Crippen LogP contribution is 2.37. The fourth-order valence-electron chi connectivity index (χ4n) is 3.37. The number of nitro benzene ring substituents is 1. The second-order valence-corrected chi connectivity index (χ2v) is 8.23. The number of benzene rings is 3. The summed E-state index contributed by atoms with van der Waals surface area (Å²) in [6, 6.07) is 22.0. The molecule has 3 aromatic carbocycles. The van der Waals surface area contributed by atoms with Gasteiger partial charge in [0, 0.05) is 51.5 Å². The van der Waals surface area contributed by atoms with Crippen LogP contribution in [0.2, 0.25) is 0 Å². The van der Waals surface area contributed by atoms with Crippen LogP contribution in [0.15, 0.2) is 71.2 Å². The van der Waals surface area contributed by atoms with Crippen LogP contribution in [0.5, 0.6) is 0 Å². The molecule has 0 N–H and O–H groups in total. The average Bonchev–Trinajstić information content (AvgIpc) is 2.70. The topological polar surface area (TPSA) is 49.6 Å². The first-order valence-electron chi connectivity index (χ1n) is 9.26. The molecule has 3 aromatic rings. The van der Waals surface area contributed by atoms with Gasteiger partial charge in [-0.25, -0.2) is 0 Å². The quantitative estimate of drug-likeness (QED) is 0.274. The summed E-state index contributed by atoms with van der Waals surface area (Å²) in [5.74, 6) is -0.113. The molecule has 0 heterocycles. The largest absolute Gasteiger partial charge is 0.378 e. The molecular formula is C23H24BrN3O2. The molecule has 0 saturated heterocycles. The fraction of sp³-hybridized carbons (Fsp3) is 0.217. The van der Waals surface area contributed by atoms with Crippen molar-refractivity contribution in [3.8, 4) is 0 Å². The molecule has 3 rings (SSSR count). The minimum absolute atomic E-state index is 0.0705. The summed E-state index contributed by atoms with van der Waals surface area (Å²) in [5, 5.41) is 11.5. The number of rotatable bonds is 6. The third-order valence-electron chi connectivity index (χ3n) is 4.96. The van der Waals surface area contributed by atoms with Gasteiger partial charge in [-0.3, -0.25) is 10.1 Å². The van der Waals surface area contributed by atoms with Crippen molar-refractivity contribution in [2.24, 2.45) is 0 Å². The van der Waals surface area contributed by atoms with Crippen LogP contribution >= 0.6 is 15.9 Å². The van der Waals surface area contributed by atoms with Crippen LogP contribution in [0.1, 0.15) is 22.6 Å². The van der Waals surface area contributed by atoms with Crippen LogP contribution < -0.4 is 9.80 Å². The first kappa shape index (κ1) is 20.9. The summed E-state index contributed by atoms with van der Waals surface area (Å²) in [7, 11) is 8.02. The molecule has 0 aliphatic carbocycles. The molecule has 0 bridgehead atoms. The van der Waals surface area contributed by atoms with E-state index in [1.165, 1.54) is 0 Å². The van der Waals surface area contributed by atoms with Gasteiger partial charge >= 0.3 is 0 Å². The number of nitrogens with zero attached hydrogens (tertiary/aromatic N) is 3. The van der Waals surface area contributed by atoms with E-state index in [0.29, 0.717) is 4.47 Å². The normalized spacial score (nSPS) is 11.8. The molecule has 0 amide bonds. The van der Waals surface area contributed by atoms with Crippen LogP contribution in [0.4, 0.5) is 17.1 Å². The summed E-state index contributed by atoms with van der Waals surface area (Å²) >= 11 is 3.29. The van der Waals surface area contributed by atoms with Crippen molar-refractivity contribution in [2.45, 2.75) is 5.92 Å². The first-order chi connectivity index (χ1) is 13.8. The predicted octanol–water partition coefficient (Wildman–Crippen LogP) is 5.67. The molecule has 29 heavy (non-hydrogen) atoms. The molecule has 5 nitrogen and oxygen atoms in total. The first-order valence-corrected chi connectivity index (χ1v) is 10.1. The molecular weight excluding hydrogens is 430 g/mol. The lowest BCUT2D eigenvalue weighted by Crippen LogP contribution is -2.11. The second kappa shape index (κ2) is 8.66. The van der Waals surface area contributed by atoms with Gasteiger partial charge in [-0.2, -0.15) is 0 Å². The van der Waals surface area contributed by atoms with E-state index in [-0.39, 0.29) is 16.5 Å². The number of hydrogen-bond acceptors (Lipinski definition) is 4. The van der Waals surface area contributed by atoms with E-state index >= 15 is 0 Å². The molecule has 0 aliphatic heterocycles. The summed E-state index contributed by atoms with van der Waals surface area (Å²) in [6.07, 6.45) is 0. The highest BCUT2D eigenvalue weighted by atomic mass is 79.9. The van der Waals surface area contributed by atoms with E-state index in [0.717, 1.165) is 28.1 Å². The van der Waals surface area contributed by atoms with Crippen LogP contribution in [-0.2, 0) is 0 Å². The maximum absolute atomic E-state index is 11.5. The predicted molar refractivity (Wildman–Crippen MR) is 123 cm³/mol. The van der Waals surface area contributed by atoms with Crippen LogP contribution in [0.25, 0.3) is 0 Å². The van der Waals surface area contributed by atoms with Crippen molar-refractivity contribution in [3.63, 3.8) is 0 Å². The van der Waals surface area contributed by atoms with Crippen LogP contribution in [0, 0.1) is 10.1 Å². The van der Waals surface area contributed by atoms with Crippen molar-refractivity contribution >= 4 is 33.0 Å². The lowest BCUT2D eigenvalue weighted by Gasteiger charge is -2.22. The Morgan fingerprint density at radius 3 is 1.97 bits per heavy atom. The number of halogens is 1. The summed E-state index contributed by atoms with van der Waals surface area (Å²) in [5.41, 5.74) is 5.32. The van der Waals surface area contributed by atoms with E-state index in [4.69, 9.17) is 0 Å². The van der Waals surface area contributed by atoms with E-state index in [1.807, 2.05) is 40.3 Å². The smallest absolute Gasteiger partial charge is 0.283 e. The van der Waals surface area contributed by atoms with E-state index in [1.54, 1.807) is 12.1 Å². The molecule has 0 aromatic heterocycles. The average molecular weight is 454 g/mol. The van der Waals surface area contributed by atoms with Crippen molar-refractivity contribution in [1.82, 2.24) is 0 Å². The Hall–Kier alpha value is -2.86. The van der Waals surface area contributed by atoms with Gasteiger partial charge in [0.2, 0.25) is 0 Å². The third-order valence-corrected chi connectivity index (χ3v) is 5.63. The Morgan fingerprint density at radius 2 is 1.38 bits per heavy atom. The van der Waals surface area contributed by atoms with E-state index < -0.39 is 0 Å². The van der Waals surface area contributed by atoms with Gasteiger partial charge in [-0.15, -0.1) is 0 Å². The van der Waals surface area contributed by atoms with Crippen molar-refractivity contribution in [3.05, 3.63) is 98.0 Å². The Morgan fingerprint density at radius 1 is 0.793 bits per heavy atom. The zero-order chi connectivity index (χ0) is 21.1. The lowest BCUT2D eigenvalue weighted by molar-refractivity contribution is -0.385. The standard InChI is InChI=1S/C23H24BrN3O2/c1-25(2)19-11-8-16(9-12-19)23(17-6-5-7-20(14-17)26(3)4)18-10-13-21(24)22(15-18)27(28)29/h5-15,23H,1-4H3/t23-/m1/s1. The zero-order valence-corrected chi connectivity index (χ0v) is 18.6. The lowest BCUT2D eigenvalue weighted by atomic mass is 9.84. The number of anilines is 2. The number of hydrogen-bond donors (Lipinski definition) is 0. The Kier molecular flexibility index (Phi) is 6.23. The fourth-order valence-corrected chi connectivity index (χ4v) is 3.77. The van der Waals surface area contributed by atoms with Gasteiger partial charge in [-0.05, 0) is 63.0 Å². The number of nitro groups is 1. The maximum Gasteiger partial charge on any atom is 0.283 e. The van der Waals surface area contributed by atoms with Crippen molar-refractivity contribution in [1.29, 1.82) is 0 Å². The van der Waals surface area contributed by atoms with Gasteiger partial charge in [0.1, 0.15) is 0 Å². The zero-order valence-electron chi connectivity index (χ0n) is 17.0. The SMILES string of the molecule is CN(C)c1ccc([C@H](c2cccc(N(C)C)c2)c2ccc(Br)c([N+](=O)[O-])c2)cc1. The van der Waals surface area contributed by atoms with E-state index in [2.05, 4.69) is 68.2 Å². The van der Waals surface area contributed by atoms with Gasteiger partial charge in [0.05, 0.1) is 9.40 Å². The minimum atomic E-state index is -0.351. The van der Waals surface area contributed by atoms with Crippen LogP contribution in [0.3, 0.4) is 0 Å². The Labute approximate surface area is 179 Å². The molecule has 0 unspecified atom stereocenters. The van der Waals surface area contributed by atoms with Crippen molar-refractivity contribution in [2.75, 3.05) is 38.0 Å². The van der Waals surface area contributed by atoms with Gasteiger partial charge in [0.25, 0.3) is 5.69 Å². The molecule has 0 radical (unpaired) electrons. The molecule has 0 fully saturated rings. The highest BCUT2D eigenvalue weighted by Gasteiger charge is 2.22. The minimum Gasteiger partial charge on any atom is -0.378 e. The maximum atomic E-state index is 11.5. The molecule has 0 spiro atoms. The Bertz CT molecular complexity index is 1020. The summed E-state index contributed by atoms with van der Waals surface area (Å²) in [4.78, 5) is 15.3. The van der Waals surface area contributed by atoms with E-state index in [9.17, 15) is 10.1 Å². The van der Waals surface area contributed by atoms with Gasteiger partial charge < -0.3 is 9.80 Å². The molecule has 6 heteroatoms. The molecule has 1 atom stereocenters. The summed E-state index contributed by atoms with van der Waals surface area (Å²) < 4.78 is 0.481. The second-order valence-electron chi connectivity index (χ2n) is 7.38. The van der Waals surface area contributed by atoms with Gasteiger partial charge in [0.15, 0.2) is 0 Å². The molecule has 0 saturated carbocycles. The summed E-state index contributed by atoms with van der Waals surface area (Å²) in [6.45, 7) is 0. The van der Waals surface area contributed by atoms with Crippen molar-refractivity contribution < 1.29 is 4.92 Å². The Balaban J connectivity index is 2.18.